The molecule has 0 aliphatic rings. The Labute approximate surface area is 112 Å². The lowest BCUT2D eigenvalue weighted by Crippen LogP contribution is -1.88. The quantitative estimate of drug-likeness (QED) is 0.648. The van der Waals surface area contributed by atoms with E-state index in [1.165, 1.54) is 24.5 Å². The van der Waals surface area contributed by atoms with E-state index in [1.807, 2.05) is 12.1 Å². The zero-order chi connectivity index (χ0) is 14.4. The molecule has 0 atom stereocenters. The molecule has 98 valence electrons. The highest BCUT2D eigenvalue weighted by atomic mass is 14.6. The fraction of sp³-hybridized carbons (Fsp3) is 0.500. The van der Waals surface area contributed by atoms with Crippen LogP contribution in [0.2, 0.25) is 0 Å². The van der Waals surface area contributed by atoms with Crippen molar-refractivity contribution in [3.05, 3.63) is 40.7 Å². The second-order valence-electron chi connectivity index (χ2n) is 3.70. The Kier molecular flexibility index (Phi) is 13.7. The van der Waals surface area contributed by atoms with Gasteiger partial charge in [-0.3, -0.25) is 0 Å². The fourth-order valence-electron chi connectivity index (χ4n) is 1.36. The summed E-state index contributed by atoms with van der Waals surface area (Å²) in [5.41, 5.74) is 3.43. The van der Waals surface area contributed by atoms with Crippen molar-refractivity contribution in [2.45, 2.75) is 53.9 Å². The van der Waals surface area contributed by atoms with E-state index >= 15 is 0 Å². The summed E-state index contributed by atoms with van der Waals surface area (Å²) >= 11 is 0. The molecule has 0 saturated heterocycles. The minimum atomic E-state index is 0.754. The lowest BCUT2D eigenvalue weighted by molar-refractivity contribution is 1.04. The molecule has 0 heterocycles. The molecule has 18 heavy (non-hydrogen) atoms. The topological polar surface area (TPSA) is 28.1 Å². The Bertz CT molecular complexity index is 395. The van der Waals surface area contributed by atoms with Crippen molar-refractivity contribution in [2.75, 3.05) is 0 Å². The third kappa shape index (κ3) is 8.36. The molecule has 1 aromatic rings. The van der Waals surface area contributed by atoms with Gasteiger partial charge in [-0.05, 0) is 18.4 Å². The van der Waals surface area contributed by atoms with Crippen molar-refractivity contribution in [3.63, 3.8) is 0 Å². The summed E-state index contributed by atoms with van der Waals surface area (Å²) in [5.74, 6) is 0. The average Bonchev–Trinajstić information content (AvgIpc) is 2.39. The number of hydrogen-bond donors (Lipinski definition) is 0. The monoisotopic (exact) mass is 244 g/mol. The summed E-state index contributed by atoms with van der Waals surface area (Å²) in [6.45, 7) is 16.8. The molecule has 0 saturated carbocycles. The summed E-state index contributed by atoms with van der Waals surface area (Å²) in [6, 6.07) is 7.70. The van der Waals surface area contributed by atoms with Crippen LogP contribution < -0.4 is 0 Å². The molecule has 0 radical (unpaired) electrons. The van der Waals surface area contributed by atoms with Crippen molar-refractivity contribution in [1.29, 1.82) is 5.26 Å². The third-order valence-electron chi connectivity index (χ3n) is 2.08. The van der Waals surface area contributed by atoms with Gasteiger partial charge >= 0.3 is 0 Å². The van der Waals surface area contributed by atoms with Gasteiger partial charge in [-0.25, -0.2) is 4.85 Å². The predicted octanol–water partition coefficient (Wildman–Crippen LogP) is 5.31. The van der Waals surface area contributed by atoms with E-state index in [4.69, 9.17) is 11.8 Å². The van der Waals surface area contributed by atoms with E-state index < -0.39 is 0 Å². The maximum Gasteiger partial charge on any atom is 0.187 e. The second kappa shape index (κ2) is 13.3. The normalized spacial score (nSPS) is 7.72. The molecule has 0 N–H and O–H groups in total. The summed E-state index contributed by atoms with van der Waals surface area (Å²) < 4.78 is 0. The largest absolute Gasteiger partial charge is 0.238 e. The summed E-state index contributed by atoms with van der Waals surface area (Å²) in [7, 11) is 0. The van der Waals surface area contributed by atoms with Crippen LogP contribution in [-0.4, -0.2) is 0 Å². The van der Waals surface area contributed by atoms with Gasteiger partial charge in [0.05, 0.1) is 12.6 Å². The van der Waals surface area contributed by atoms with Crippen LogP contribution in [0.25, 0.3) is 4.85 Å². The van der Waals surface area contributed by atoms with Crippen LogP contribution in [0.4, 0.5) is 5.69 Å². The van der Waals surface area contributed by atoms with E-state index in [0.29, 0.717) is 0 Å². The SMILES string of the molecule is CC#N.CCC.[C-]#[N+]c1ccc(CC)c(CC)c1. The van der Waals surface area contributed by atoms with Gasteiger partial charge in [0.25, 0.3) is 0 Å². The van der Waals surface area contributed by atoms with Crippen LogP contribution in [0.3, 0.4) is 0 Å². The first-order chi connectivity index (χ1) is 8.64. The number of benzene rings is 1. The van der Waals surface area contributed by atoms with E-state index in [-0.39, 0.29) is 0 Å². The molecule has 2 heteroatoms. The maximum absolute atomic E-state index is 7.32. The van der Waals surface area contributed by atoms with E-state index in [1.54, 1.807) is 6.07 Å². The van der Waals surface area contributed by atoms with Gasteiger partial charge in [0, 0.05) is 6.92 Å². The Morgan fingerprint density at radius 2 is 1.56 bits per heavy atom. The van der Waals surface area contributed by atoms with Crippen LogP contribution >= 0.6 is 0 Å². The van der Waals surface area contributed by atoms with Crippen LogP contribution in [-0.2, 0) is 12.8 Å². The first kappa shape index (κ1) is 18.6. The number of nitrogens with zero attached hydrogens (tertiary/aromatic N) is 2. The molecule has 0 bridgehead atoms. The molecule has 2 nitrogen and oxygen atoms in total. The average molecular weight is 244 g/mol. The Hall–Kier alpha value is -1.80. The van der Waals surface area contributed by atoms with Gasteiger partial charge in [-0.15, -0.1) is 0 Å². The highest BCUT2D eigenvalue weighted by Crippen LogP contribution is 2.19. The second-order valence-corrected chi connectivity index (χ2v) is 3.70. The molecular weight excluding hydrogens is 220 g/mol. The van der Waals surface area contributed by atoms with E-state index in [9.17, 15) is 0 Å². The van der Waals surface area contributed by atoms with Crippen molar-refractivity contribution >= 4 is 5.69 Å². The molecule has 1 rings (SSSR count). The van der Waals surface area contributed by atoms with Crippen molar-refractivity contribution < 1.29 is 0 Å². The maximum atomic E-state index is 7.32. The van der Waals surface area contributed by atoms with Crippen molar-refractivity contribution in [3.8, 4) is 6.07 Å². The van der Waals surface area contributed by atoms with Crippen LogP contribution in [0.15, 0.2) is 18.2 Å². The summed E-state index contributed by atoms with van der Waals surface area (Å²) in [5, 5.41) is 7.32. The molecule has 0 unspecified atom stereocenters. The zero-order valence-electron chi connectivity index (χ0n) is 12.2. The highest BCUT2D eigenvalue weighted by molar-refractivity contribution is 5.49. The first-order valence-corrected chi connectivity index (χ1v) is 6.44. The van der Waals surface area contributed by atoms with Crippen LogP contribution in [0, 0.1) is 17.9 Å². The Morgan fingerprint density at radius 3 is 1.89 bits per heavy atom. The van der Waals surface area contributed by atoms with Gasteiger partial charge in [0.2, 0.25) is 0 Å². The minimum absolute atomic E-state index is 0.754. The lowest BCUT2D eigenvalue weighted by atomic mass is 10.0. The van der Waals surface area contributed by atoms with Gasteiger partial charge in [0.15, 0.2) is 5.69 Å². The molecule has 0 aromatic heterocycles. The number of aryl methyl sites for hydroxylation is 2. The molecule has 0 spiro atoms. The van der Waals surface area contributed by atoms with Crippen molar-refractivity contribution in [2.24, 2.45) is 0 Å². The van der Waals surface area contributed by atoms with Gasteiger partial charge in [0.1, 0.15) is 0 Å². The Morgan fingerprint density at radius 1 is 1.11 bits per heavy atom. The number of hydrogen-bond acceptors (Lipinski definition) is 1. The first-order valence-electron chi connectivity index (χ1n) is 6.44. The van der Waals surface area contributed by atoms with Gasteiger partial charge in [-0.2, -0.15) is 5.26 Å². The summed E-state index contributed by atoms with van der Waals surface area (Å²) in [6.07, 6.45) is 3.33. The number of rotatable bonds is 2. The van der Waals surface area contributed by atoms with E-state index in [2.05, 4.69) is 38.6 Å². The lowest BCUT2D eigenvalue weighted by Gasteiger charge is -2.04. The van der Waals surface area contributed by atoms with E-state index in [0.717, 1.165) is 18.5 Å². The molecule has 0 fully saturated rings. The standard InChI is InChI=1S/C11H13N.C3H8.C2H3N/c1-4-9-6-7-11(12-3)8-10(9)5-2;1-3-2;1-2-3/h6-8H,4-5H2,1-2H3;3H2,1-2H3;1H3. The highest BCUT2D eigenvalue weighted by Gasteiger charge is 1.99. The van der Waals surface area contributed by atoms with Gasteiger partial charge < -0.3 is 0 Å². The summed E-state index contributed by atoms with van der Waals surface area (Å²) in [4.78, 5) is 3.40. The van der Waals surface area contributed by atoms with Gasteiger partial charge in [-0.1, -0.05) is 57.9 Å². The molecule has 0 aliphatic heterocycles. The molecule has 0 aliphatic carbocycles. The van der Waals surface area contributed by atoms with Crippen LogP contribution in [0.1, 0.15) is 52.2 Å². The minimum Gasteiger partial charge on any atom is -0.238 e. The molecular formula is C16H24N2. The molecule has 1 aromatic carbocycles. The fourth-order valence-corrected chi connectivity index (χ4v) is 1.36. The van der Waals surface area contributed by atoms with Crippen molar-refractivity contribution in [1.82, 2.24) is 0 Å². The third-order valence-corrected chi connectivity index (χ3v) is 2.08. The van der Waals surface area contributed by atoms with Crippen LogP contribution in [0.5, 0.6) is 0 Å². The molecule has 0 amide bonds. The zero-order valence-corrected chi connectivity index (χ0v) is 12.2. The predicted molar refractivity (Wildman–Crippen MR) is 78.7 cm³/mol. The smallest absolute Gasteiger partial charge is 0.187 e. The Balaban J connectivity index is 0. The number of nitriles is 1.